The van der Waals surface area contributed by atoms with Gasteiger partial charge in [-0.3, -0.25) is 4.79 Å². The average molecular weight is 283 g/mol. The number of carbonyl (C=O) groups excluding carboxylic acids is 1. The second-order valence-electron chi connectivity index (χ2n) is 4.84. The molecule has 1 amide bonds. The summed E-state index contributed by atoms with van der Waals surface area (Å²) >= 11 is 0. The molecule has 0 saturated heterocycles. The predicted molar refractivity (Wildman–Crippen MR) is 86.0 cm³/mol. The van der Waals surface area contributed by atoms with E-state index < -0.39 is 0 Å². The van der Waals surface area contributed by atoms with E-state index in [0.29, 0.717) is 6.54 Å². The average Bonchev–Trinajstić information content (AvgIpc) is 2.55. The molecule has 0 saturated carbocycles. The Morgan fingerprint density at radius 1 is 0.952 bits per heavy atom. The summed E-state index contributed by atoms with van der Waals surface area (Å²) in [6, 6.07) is 18.5. The van der Waals surface area contributed by atoms with Gasteiger partial charge in [-0.05, 0) is 29.7 Å². The maximum absolute atomic E-state index is 11.0. The van der Waals surface area contributed by atoms with Crippen molar-refractivity contribution < 1.29 is 4.79 Å². The first-order valence-electron chi connectivity index (χ1n) is 7.11. The molecule has 0 atom stereocenters. The molecule has 4 nitrogen and oxygen atoms in total. The molecule has 0 unspecified atom stereocenters. The molecular weight excluding hydrogens is 262 g/mol. The standard InChI is InChI=1S/C17H21N3O/c18-12-17(21)19-11-10-14-6-8-16(9-7-14)20-13-15-4-2-1-3-5-15/h1-9,20H,10-13,18H2,(H,19,21). The molecule has 21 heavy (non-hydrogen) atoms. The Hall–Kier alpha value is -2.33. The molecule has 0 bridgehead atoms. The third-order valence-corrected chi connectivity index (χ3v) is 3.21. The fraction of sp³-hybridized carbons (Fsp3) is 0.235. The van der Waals surface area contributed by atoms with Gasteiger partial charge in [0, 0.05) is 18.8 Å². The Balaban J connectivity index is 1.78. The van der Waals surface area contributed by atoms with Crippen LogP contribution < -0.4 is 16.4 Å². The zero-order valence-electron chi connectivity index (χ0n) is 12.0. The highest BCUT2D eigenvalue weighted by Crippen LogP contribution is 2.11. The van der Waals surface area contributed by atoms with Gasteiger partial charge in [-0.25, -0.2) is 0 Å². The van der Waals surface area contributed by atoms with Crippen molar-refractivity contribution in [3.8, 4) is 0 Å². The molecule has 0 fully saturated rings. The van der Waals surface area contributed by atoms with E-state index in [1.807, 2.05) is 18.2 Å². The Morgan fingerprint density at radius 3 is 2.33 bits per heavy atom. The van der Waals surface area contributed by atoms with E-state index in [1.165, 1.54) is 11.1 Å². The number of rotatable bonds is 7. The summed E-state index contributed by atoms with van der Waals surface area (Å²) in [5, 5.41) is 6.15. The molecule has 2 aromatic carbocycles. The van der Waals surface area contributed by atoms with Crippen LogP contribution in [0.25, 0.3) is 0 Å². The van der Waals surface area contributed by atoms with Crippen LogP contribution in [0, 0.1) is 0 Å². The third-order valence-electron chi connectivity index (χ3n) is 3.21. The van der Waals surface area contributed by atoms with Crippen molar-refractivity contribution in [2.24, 2.45) is 5.73 Å². The van der Waals surface area contributed by atoms with Crippen LogP contribution in [0.5, 0.6) is 0 Å². The van der Waals surface area contributed by atoms with Crippen LogP contribution in [-0.4, -0.2) is 19.0 Å². The molecule has 0 radical (unpaired) electrons. The SMILES string of the molecule is NCC(=O)NCCc1ccc(NCc2ccccc2)cc1. The van der Waals surface area contributed by atoms with Crippen LogP contribution in [0.15, 0.2) is 54.6 Å². The van der Waals surface area contributed by atoms with Crippen molar-refractivity contribution in [3.05, 3.63) is 65.7 Å². The maximum Gasteiger partial charge on any atom is 0.233 e. The number of benzene rings is 2. The van der Waals surface area contributed by atoms with Gasteiger partial charge in [0.15, 0.2) is 0 Å². The topological polar surface area (TPSA) is 67.2 Å². The van der Waals surface area contributed by atoms with Crippen LogP contribution in [0.4, 0.5) is 5.69 Å². The summed E-state index contributed by atoms with van der Waals surface area (Å²) in [4.78, 5) is 11.0. The monoisotopic (exact) mass is 283 g/mol. The van der Waals surface area contributed by atoms with Gasteiger partial charge in [0.05, 0.1) is 6.54 Å². The van der Waals surface area contributed by atoms with Crippen molar-refractivity contribution in [1.82, 2.24) is 5.32 Å². The number of carbonyl (C=O) groups is 1. The molecular formula is C17H21N3O. The normalized spacial score (nSPS) is 10.1. The van der Waals surface area contributed by atoms with Crippen molar-refractivity contribution in [3.63, 3.8) is 0 Å². The van der Waals surface area contributed by atoms with Crippen LogP contribution in [-0.2, 0) is 17.8 Å². The first kappa shape index (κ1) is 15.1. The van der Waals surface area contributed by atoms with E-state index in [9.17, 15) is 4.79 Å². The summed E-state index contributed by atoms with van der Waals surface area (Å²) in [5.41, 5.74) is 8.77. The molecule has 2 aromatic rings. The number of amides is 1. The number of hydrogen-bond donors (Lipinski definition) is 3. The first-order chi connectivity index (χ1) is 10.3. The van der Waals surface area contributed by atoms with E-state index in [2.05, 4.69) is 47.0 Å². The zero-order chi connectivity index (χ0) is 14.9. The molecule has 110 valence electrons. The predicted octanol–water partition coefficient (Wildman–Crippen LogP) is 1.92. The van der Waals surface area contributed by atoms with Gasteiger partial charge >= 0.3 is 0 Å². The van der Waals surface area contributed by atoms with Gasteiger partial charge in [-0.1, -0.05) is 42.5 Å². The second-order valence-corrected chi connectivity index (χ2v) is 4.84. The van der Waals surface area contributed by atoms with Gasteiger partial charge in [0.1, 0.15) is 0 Å². The van der Waals surface area contributed by atoms with Gasteiger partial charge in [0.25, 0.3) is 0 Å². The van der Waals surface area contributed by atoms with E-state index in [-0.39, 0.29) is 12.5 Å². The lowest BCUT2D eigenvalue weighted by atomic mass is 10.1. The fourth-order valence-corrected chi connectivity index (χ4v) is 2.01. The quantitative estimate of drug-likeness (QED) is 0.727. The van der Waals surface area contributed by atoms with E-state index in [1.54, 1.807) is 0 Å². The molecule has 4 N–H and O–H groups in total. The highest BCUT2D eigenvalue weighted by Gasteiger charge is 1.98. The van der Waals surface area contributed by atoms with Crippen LogP contribution in [0.2, 0.25) is 0 Å². The Kier molecular flexibility index (Phi) is 5.79. The van der Waals surface area contributed by atoms with Gasteiger partial charge in [0.2, 0.25) is 5.91 Å². The number of nitrogens with one attached hydrogen (secondary N) is 2. The Bertz CT molecular complexity index is 552. The molecule has 0 spiro atoms. The Labute approximate surface area is 125 Å². The highest BCUT2D eigenvalue weighted by atomic mass is 16.1. The van der Waals surface area contributed by atoms with Gasteiger partial charge in [-0.2, -0.15) is 0 Å². The summed E-state index contributed by atoms with van der Waals surface area (Å²) in [6.45, 7) is 1.47. The lowest BCUT2D eigenvalue weighted by Crippen LogP contribution is -2.31. The smallest absolute Gasteiger partial charge is 0.233 e. The minimum Gasteiger partial charge on any atom is -0.381 e. The number of anilines is 1. The third kappa shape index (κ3) is 5.28. The molecule has 2 rings (SSSR count). The fourth-order valence-electron chi connectivity index (χ4n) is 2.01. The zero-order valence-corrected chi connectivity index (χ0v) is 12.0. The molecule has 0 aliphatic rings. The minimum absolute atomic E-state index is 0.0440. The van der Waals surface area contributed by atoms with E-state index >= 15 is 0 Å². The molecule has 4 heteroatoms. The molecule has 0 aliphatic heterocycles. The molecule has 0 heterocycles. The van der Waals surface area contributed by atoms with Crippen LogP contribution in [0.1, 0.15) is 11.1 Å². The summed E-state index contributed by atoms with van der Waals surface area (Å²) in [5.74, 6) is -0.115. The van der Waals surface area contributed by atoms with Crippen LogP contribution in [0.3, 0.4) is 0 Å². The van der Waals surface area contributed by atoms with Crippen molar-refractivity contribution in [2.75, 3.05) is 18.4 Å². The largest absolute Gasteiger partial charge is 0.381 e. The summed E-state index contributed by atoms with van der Waals surface area (Å²) < 4.78 is 0. The van der Waals surface area contributed by atoms with Gasteiger partial charge in [-0.15, -0.1) is 0 Å². The number of hydrogen-bond acceptors (Lipinski definition) is 3. The second kappa shape index (κ2) is 8.07. The molecule has 0 aromatic heterocycles. The minimum atomic E-state index is -0.115. The van der Waals surface area contributed by atoms with Crippen molar-refractivity contribution >= 4 is 11.6 Å². The summed E-state index contributed by atoms with van der Waals surface area (Å²) in [7, 11) is 0. The molecule has 0 aliphatic carbocycles. The number of nitrogens with two attached hydrogens (primary N) is 1. The van der Waals surface area contributed by atoms with Crippen LogP contribution >= 0.6 is 0 Å². The lowest BCUT2D eigenvalue weighted by Gasteiger charge is -2.08. The highest BCUT2D eigenvalue weighted by molar-refractivity contribution is 5.77. The van der Waals surface area contributed by atoms with E-state index in [4.69, 9.17) is 5.73 Å². The first-order valence-corrected chi connectivity index (χ1v) is 7.11. The Morgan fingerprint density at radius 2 is 1.67 bits per heavy atom. The van der Waals surface area contributed by atoms with E-state index in [0.717, 1.165) is 18.7 Å². The van der Waals surface area contributed by atoms with Gasteiger partial charge < -0.3 is 16.4 Å². The summed E-state index contributed by atoms with van der Waals surface area (Å²) in [6.07, 6.45) is 0.810. The van der Waals surface area contributed by atoms with Crippen molar-refractivity contribution in [2.45, 2.75) is 13.0 Å². The lowest BCUT2D eigenvalue weighted by molar-refractivity contribution is -0.119. The maximum atomic E-state index is 11.0. The van der Waals surface area contributed by atoms with Crippen molar-refractivity contribution in [1.29, 1.82) is 0 Å².